The fourth-order valence-corrected chi connectivity index (χ4v) is 2.57. The van der Waals surface area contributed by atoms with E-state index in [1.54, 1.807) is 6.07 Å². The van der Waals surface area contributed by atoms with Gasteiger partial charge in [-0.25, -0.2) is 4.79 Å². The predicted octanol–water partition coefficient (Wildman–Crippen LogP) is 4.14. The smallest absolute Gasteiger partial charge is 0.335 e. The van der Waals surface area contributed by atoms with Crippen molar-refractivity contribution in [3.05, 3.63) is 77.1 Å². The number of nitrogens with zero attached hydrogens (tertiary/aromatic N) is 2. The van der Waals surface area contributed by atoms with E-state index in [0.29, 0.717) is 5.69 Å². The fourth-order valence-electron chi connectivity index (χ4n) is 2.45. The van der Waals surface area contributed by atoms with Crippen LogP contribution in [0.1, 0.15) is 15.9 Å². The number of hydrogen-bond donors (Lipinski definition) is 1. The van der Waals surface area contributed by atoms with E-state index in [9.17, 15) is 4.79 Å². The van der Waals surface area contributed by atoms with Gasteiger partial charge < -0.3 is 9.67 Å². The first kappa shape index (κ1) is 15.3. The number of rotatable bonds is 5. The molecule has 0 spiro atoms. The molecule has 1 aromatic carbocycles. The highest BCUT2D eigenvalue weighted by atomic mass is 35.5. The second-order valence-electron chi connectivity index (χ2n) is 5.20. The molecule has 23 heavy (non-hydrogen) atoms. The summed E-state index contributed by atoms with van der Waals surface area (Å²) in [5.74, 6) is -0.951. The van der Waals surface area contributed by atoms with Gasteiger partial charge in [0, 0.05) is 24.0 Å². The Kier molecular flexibility index (Phi) is 4.44. The van der Waals surface area contributed by atoms with Crippen molar-refractivity contribution < 1.29 is 9.90 Å². The summed E-state index contributed by atoms with van der Waals surface area (Å²) >= 11 is 5.90. The van der Waals surface area contributed by atoms with Crippen LogP contribution in [0.25, 0.3) is 11.4 Å². The third-order valence-electron chi connectivity index (χ3n) is 3.65. The van der Waals surface area contributed by atoms with Crippen LogP contribution in [0.4, 0.5) is 0 Å². The average molecular weight is 327 g/mol. The zero-order valence-electron chi connectivity index (χ0n) is 12.3. The van der Waals surface area contributed by atoms with Gasteiger partial charge in [-0.15, -0.1) is 0 Å². The zero-order valence-corrected chi connectivity index (χ0v) is 13.1. The van der Waals surface area contributed by atoms with Gasteiger partial charge in [-0.2, -0.15) is 0 Å². The van der Waals surface area contributed by atoms with Gasteiger partial charge in [-0.05, 0) is 48.4 Å². The summed E-state index contributed by atoms with van der Waals surface area (Å²) in [7, 11) is 0. The SMILES string of the molecule is O=C(O)c1ccnc(-c2cccn2CCc2ccc(Cl)cc2)c1. The first-order valence-electron chi connectivity index (χ1n) is 7.23. The molecule has 2 heterocycles. The van der Waals surface area contributed by atoms with Crippen molar-refractivity contribution in [3.8, 4) is 11.4 Å². The maximum absolute atomic E-state index is 11.1. The van der Waals surface area contributed by atoms with Crippen molar-refractivity contribution in [1.82, 2.24) is 9.55 Å². The standard InChI is InChI=1S/C18H15ClN2O2/c19-15-5-3-13(4-6-15)8-11-21-10-1-2-17(21)16-12-14(18(22)23)7-9-20-16/h1-7,9-10,12H,8,11H2,(H,22,23). The normalized spacial score (nSPS) is 10.7. The van der Waals surface area contributed by atoms with Crippen LogP contribution in [0.2, 0.25) is 5.02 Å². The number of halogens is 1. The van der Waals surface area contributed by atoms with E-state index in [2.05, 4.69) is 9.55 Å². The van der Waals surface area contributed by atoms with Crippen LogP contribution in [0.15, 0.2) is 60.9 Å². The molecule has 0 aliphatic rings. The van der Waals surface area contributed by atoms with E-state index in [4.69, 9.17) is 16.7 Å². The maximum atomic E-state index is 11.1. The van der Waals surface area contributed by atoms with Crippen molar-refractivity contribution >= 4 is 17.6 Å². The summed E-state index contributed by atoms with van der Waals surface area (Å²) in [6, 6.07) is 14.7. The third-order valence-corrected chi connectivity index (χ3v) is 3.91. The van der Waals surface area contributed by atoms with Gasteiger partial charge in [-0.3, -0.25) is 4.98 Å². The summed E-state index contributed by atoms with van der Waals surface area (Å²) in [4.78, 5) is 15.4. The van der Waals surface area contributed by atoms with Crippen LogP contribution >= 0.6 is 11.6 Å². The average Bonchev–Trinajstić information content (AvgIpc) is 3.03. The molecule has 0 atom stereocenters. The molecule has 2 aromatic heterocycles. The number of benzene rings is 1. The van der Waals surface area contributed by atoms with Gasteiger partial charge in [0.05, 0.1) is 17.0 Å². The molecular formula is C18H15ClN2O2. The Morgan fingerprint density at radius 2 is 1.96 bits per heavy atom. The number of carbonyl (C=O) groups is 1. The van der Waals surface area contributed by atoms with Gasteiger partial charge >= 0.3 is 5.97 Å². The molecule has 0 bridgehead atoms. The molecule has 0 aliphatic heterocycles. The number of aryl methyl sites for hydroxylation is 2. The van der Waals surface area contributed by atoms with Gasteiger partial charge in [0.1, 0.15) is 0 Å². The zero-order chi connectivity index (χ0) is 16.2. The molecule has 1 N–H and O–H groups in total. The van der Waals surface area contributed by atoms with Crippen LogP contribution in [0.5, 0.6) is 0 Å². The Bertz CT molecular complexity index is 825. The Morgan fingerprint density at radius 1 is 1.17 bits per heavy atom. The Hall–Kier alpha value is -2.59. The van der Waals surface area contributed by atoms with Crippen LogP contribution in [0, 0.1) is 0 Å². The molecule has 0 radical (unpaired) electrons. The Morgan fingerprint density at radius 3 is 2.70 bits per heavy atom. The Labute approximate surface area is 139 Å². The molecule has 0 fully saturated rings. The van der Waals surface area contributed by atoms with Crippen LogP contribution in [-0.4, -0.2) is 20.6 Å². The second kappa shape index (κ2) is 6.67. The van der Waals surface area contributed by atoms with Crippen molar-refractivity contribution in [3.63, 3.8) is 0 Å². The van der Waals surface area contributed by atoms with E-state index in [1.165, 1.54) is 17.8 Å². The minimum atomic E-state index is -0.951. The maximum Gasteiger partial charge on any atom is 0.335 e. The number of carboxylic acids is 1. The summed E-state index contributed by atoms with van der Waals surface area (Å²) in [5.41, 5.74) is 3.00. The van der Waals surface area contributed by atoms with Crippen molar-refractivity contribution in [2.75, 3.05) is 0 Å². The van der Waals surface area contributed by atoms with Gasteiger partial charge in [-0.1, -0.05) is 23.7 Å². The third kappa shape index (κ3) is 3.60. The van der Waals surface area contributed by atoms with E-state index in [0.717, 1.165) is 23.7 Å². The topological polar surface area (TPSA) is 55.1 Å². The quantitative estimate of drug-likeness (QED) is 0.766. The fraction of sp³-hybridized carbons (Fsp3) is 0.111. The van der Waals surface area contributed by atoms with Crippen molar-refractivity contribution in [2.45, 2.75) is 13.0 Å². The summed E-state index contributed by atoms with van der Waals surface area (Å²) in [5, 5.41) is 9.83. The van der Waals surface area contributed by atoms with Crippen molar-refractivity contribution in [1.29, 1.82) is 0 Å². The summed E-state index contributed by atoms with van der Waals surface area (Å²) in [6.07, 6.45) is 4.35. The minimum absolute atomic E-state index is 0.237. The van der Waals surface area contributed by atoms with Crippen molar-refractivity contribution in [2.24, 2.45) is 0 Å². The lowest BCUT2D eigenvalue weighted by Crippen LogP contribution is -2.04. The molecule has 0 saturated carbocycles. The second-order valence-corrected chi connectivity index (χ2v) is 5.63. The van der Waals surface area contributed by atoms with Crippen LogP contribution in [0.3, 0.4) is 0 Å². The minimum Gasteiger partial charge on any atom is -0.478 e. The highest BCUT2D eigenvalue weighted by Gasteiger charge is 2.09. The van der Waals surface area contributed by atoms with E-state index in [-0.39, 0.29) is 5.56 Å². The van der Waals surface area contributed by atoms with Crippen LogP contribution < -0.4 is 0 Å². The molecule has 0 amide bonds. The first-order valence-corrected chi connectivity index (χ1v) is 7.60. The molecule has 3 aromatic rings. The molecule has 4 nitrogen and oxygen atoms in total. The number of aromatic nitrogens is 2. The number of hydrogen-bond acceptors (Lipinski definition) is 2. The van der Waals surface area contributed by atoms with E-state index >= 15 is 0 Å². The molecular weight excluding hydrogens is 312 g/mol. The van der Waals surface area contributed by atoms with Crippen LogP contribution in [-0.2, 0) is 13.0 Å². The summed E-state index contributed by atoms with van der Waals surface area (Å²) in [6.45, 7) is 0.781. The van der Waals surface area contributed by atoms with Gasteiger partial charge in [0.15, 0.2) is 0 Å². The van der Waals surface area contributed by atoms with Gasteiger partial charge in [0.25, 0.3) is 0 Å². The molecule has 3 rings (SSSR count). The largest absolute Gasteiger partial charge is 0.478 e. The number of carboxylic acid groups (broad SMARTS) is 1. The number of aromatic carboxylic acids is 1. The molecule has 0 unspecified atom stereocenters. The highest BCUT2D eigenvalue weighted by Crippen LogP contribution is 2.20. The lowest BCUT2D eigenvalue weighted by Gasteiger charge is -2.09. The predicted molar refractivity (Wildman–Crippen MR) is 89.8 cm³/mol. The van der Waals surface area contributed by atoms with Gasteiger partial charge in [0.2, 0.25) is 0 Å². The molecule has 0 aliphatic carbocycles. The van der Waals surface area contributed by atoms with E-state index < -0.39 is 5.97 Å². The molecule has 116 valence electrons. The lowest BCUT2D eigenvalue weighted by atomic mass is 10.1. The molecule has 0 saturated heterocycles. The molecule has 5 heteroatoms. The first-order chi connectivity index (χ1) is 11.1. The highest BCUT2D eigenvalue weighted by molar-refractivity contribution is 6.30. The Balaban J connectivity index is 1.80. The number of pyridine rings is 1. The van der Waals surface area contributed by atoms with E-state index in [1.807, 2.05) is 42.6 Å². The summed E-state index contributed by atoms with van der Waals surface area (Å²) < 4.78 is 2.07. The monoisotopic (exact) mass is 326 g/mol. The lowest BCUT2D eigenvalue weighted by molar-refractivity contribution is 0.0697.